The fourth-order valence-corrected chi connectivity index (χ4v) is 4.49. The van der Waals surface area contributed by atoms with E-state index in [1.165, 1.54) is 23.1 Å². The molecule has 0 radical (unpaired) electrons. The van der Waals surface area contributed by atoms with Crippen LogP contribution >= 0.6 is 23.2 Å². The summed E-state index contributed by atoms with van der Waals surface area (Å²) in [6.07, 6.45) is 5.16. The van der Waals surface area contributed by atoms with Crippen LogP contribution in [0.15, 0.2) is 53.1 Å². The molecule has 0 saturated heterocycles. The molecule has 2 aromatic carbocycles. The Bertz CT molecular complexity index is 1130. The lowest BCUT2D eigenvalue weighted by atomic mass is 9.89. The van der Waals surface area contributed by atoms with E-state index in [-0.39, 0.29) is 39.6 Å². The summed E-state index contributed by atoms with van der Waals surface area (Å²) < 4.78 is 19.5. The third-order valence-corrected chi connectivity index (χ3v) is 6.33. The number of nitrogens with zero attached hydrogens (tertiary/aromatic N) is 2. The normalized spacial score (nSPS) is 14.2. The van der Waals surface area contributed by atoms with E-state index in [0.29, 0.717) is 5.56 Å². The second-order valence-corrected chi connectivity index (χ2v) is 8.74. The molecule has 1 heterocycles. The standard InChI is InChI=1S/C24H22Cl2FN3O3/c25-17-12-7-13-18(27)19(17)20-21(22(26)33-29-20)28-24(32)30(14-15-8-3-1-4-9-15)23(31)16-10-5-2-6-11-16/h2,5-7,10-13,15H,1,3-4,8-9,14H2,(H,28,32). The predicted octanol–water partition coefficient (Wildman–Crippen LogP) is 7.04. The molecule has 1 aromatic heterocycles. The Balaban J connectivity index is 1.65. The van der Waals surface area contributed by atoms with Gasteiger partial charge in [-0.25, -0.2) is 9.18 Å². The molecule has 0 bridgehead atoms. The summed E-state index contributed by atoms with van der Waals surface area (Å²) in [5, 5.41) is 6.22. The molecule has 172 valence electrons. The number of hydrogen-bond donors (Lipinski definition) is 1. The van der Waals surface area contributed by atoms with E-state index in [0.717, 1.165) is 32.1 Å². The van der Waals surface area contributed by atoms with Crippen LogP contribution in [0.1, 0.15) is 42.5 Å². The fourth-order valence-electron chi connectivity index (χ4n) is 4.07. The van der Waals surface area contributed by atoms with Gasteiger partial charge in [0, 0.05) is 12.1 Å². The Morgan fingerprint density at radius 2 is 1.79 bits per heavy atom. The van der Waals surface area contributed by atoms with Crippen LogP contribution in [-0.4, -0.2) is 28.5 Å². The number of halogens is 3. The molecule has 1 N–H and O–H groups in total. The van der Waals surface area contributed by atoms with Gasteiger partial charge in [0.05, 0.1) is 10.6 Å². The molecule has 0 unspecified atom stereocenters. The largest absolute Gasteiger partial charge is 0.341 e. The summed E-state index contributed by atoms with van der Waals surface area (Å²) in [7, 11) is 0. The van der Waals surface area contributed by atoms with Gasteiger partial charge in [-0.15, -0.1) is 0 Å². The van der Waals surface area contributed by atoms with Gasteiger partial charge in [-0.2, -0.15) is 0 Å². The first kappa shape index (κ1) is 23.3. The summed E-state index contributed by atoms with van der Waals surface area (Å²) in [6.45, 7) is 0.262. The SMILES string of the molecule is O=C(Nc1c(-c2c(F)cccc2Cl)noc1Cl)N(CC1CCCCC1)C(=O)c1ccccc1. The molecule has 6 nitrogen and oxygen atoms in total. The van der Waals surface area contributed by atoms with Crippen molar-refractivity contribution in [2.75, 3.05) is 11.9 Å². The molecule has 33 heavy (non-hydrogen) atoms. The van der Waals surface area contributed by atoms with Crippen molar-refractivity contribution in [1.82, 2.24) is 10.1 Å². The number of imide groups is 1. The van der Waals surface area contributed by atoms with Crippen LogP contribution in [0.2, 0.25) is 10.2 Å². The van der Waals surface area contributed by atoms with Gasteiger partial charge in [0.15, 0.2) is 0 Å². The maximum Gasteiger partial charge on any atom is 0.329 e. The van der Waals surface area contributed by atoms with Gasteiger partial charge in [-0.3, -0.25) is 9.69 Å². The summed E-state index contributed by atoms with van der Waals surface area (Å²) >= 11 is 12.3. The maximum atomic E-state index is 14.5. The quantitative estimate of drug-likeness (QED) is 0.416. The van der Waals surface area contributed by atoms with Crippen molar-refractivity contribution in [3.63, 3.8) is 0 Å². The van der Waals surface area contributed by atoms with Crippen LogP contribution in [0, 0.1) is 11.7 Å². The summed E-state index contributed by atoms with van der Waals surface area (Å²) in [4.78, 5) is 27.8. The lowest BCUT2D eigenvalue weighted by Crippen LogP contribution is -2.43. The molecule has 0 aliphatic heterocycles. The van der Waals surface area contributed by atoms with E-state index >= 15 is 0 Å². The Morgan fingerprint density at radius 1 is 1.06 bits per heavy atom. The number of hydrogen-bond acceptors (Lipinski definition) is 4. The van der Waals surface area contributed by atoms with E-state index in [1.807, 2.05) is 0 Å². The zero-order chi connectivity index (χ0) is 23.4. The topological polar surface area (TPSA) is 75.4 Å². The number of urea groups is 1. The van der Waals surface area contributed by atoms with E-state index in [9.17, 15) is 14.0 Å². The number of carbonyl (C=O) groups is 2. The highest BCUT2D eigenvalue weighted by atomic mass is 35.5. The van der Waals surface area contributed by atoms with Crippen molar-refractivity contribution in [3.8, 4) is 11.3 Å². The first-order valence-corrected chi connectivity index (χ1v) is 11.5. The lowest BCUT2D eigenvalue weighted by Gasteiger charge is -2.28. The minimum Gasteiger partial charge on any atom is -0.341 e. The second-order valence-electron chi connectivity index (χ2n) is 7.99. The second kappa shape index (κ2) is 10.4. The number of carbonyl (C=O) groups excluding carboxylic acids is 2. The first-order valence-electron chi connectivity index (χ1n) is 10.7. The van der Waals surface area contributed by atoms with Crippen molar-refractivity contribution in [2.45, 2.75) is 32.1 Å². The first-order chi connectivity index (χ1) is 16.0. The van der Waals surface area contributed by atoms with Crippen LogP contribution in [-0.2, 0) is 0 Å². The minimum absolute atomic E-state index is 0.0526. The van der Waals surface area contributed by atoms with Crippen LogP contribution in [0.25, 0.3) is 11.3 Å². The fraction of sp³-hybridized carbons (Fsp3) is 0.292. The molecular formula is C24H22Cl2FN3O3. The number of amides is 3. The number of anilines is 1. The smallest absolute Gasteiger partial charge is 0.329 e. The van der Waals surface area contributed by atoms with Gasteiger partial charge in [0.25, 0.3) is 5.91 Å². The third-order valence-electron chi connectivity index (χ3n) is 5.76. The molecule has 9 heteroatoms. The molecule has 1 fully saturated rings. The Kier molecular flexibility index (Phi) is 7.30. The third kappa shape index (κ3) is 5.20. The van der Waals surface area contributed by atoms with Gasteiger partial charge < -0.3 is 9.84 Å². The Labute approximate surface area is 200 Å². The van der Waals surface area contributed by atoms with Gasteiger partial charge in [-0.1, -0.05) is 60.3 Å². The molecule has 4 rings (SSSR count). The molecule has 1 aliphatic carbocycles. The van der Waals surface area contributed by atoms with Gasteiger partial charge in [0.1, 0.15) is 17.2 Å². The van der Waals surface area contributed by atoms with E-state index in [4.69, 9.17) is 27.7 Å². The number of benzene rings is 2. The highest BCUT2D eigenvalue weighted by molar-refractivity contribution is 6.35. The average Bonchev–Trinajstić information content (AvgIpc) is 3.18. The minimum atomic E-state index is -0.701. The molecule has 3 amide bonds. The number of rotatable bonds is 5. The van der Waals surface area contributed by atoms with Crippen molar-refractivity contribution < 1.29 is 18.5 Å². The van der Waals surface area contributed by atoms with E-state index < -0.39 is 17.8 Å². The van der Waals surface area contributed by atoms with E-state index in [2.05, 4.69) is 10.5 Å². The Hall–Kier alpha value is -2.90. The van der Waals surface area contributed by atoms with Gasteiger partial charge in [0.2, 0.25) is 5.22 Å². The van der Waals surface area contributed by atoms with Crippen molar-refractivity contribution >= 4 is 40.8 Å². The van der Waals surface area contributed by atoms with Gasteiger partial charge >= 0.3 is 6.03 Å². The molecule has 1 aliphatic rings. The summed E-state index contributed by atoms with van der Waals surface area (Å²) in [6, 6.07) is 12.0. The maximum absolute atomic E-state index is 14.5. The summed E-state index contributed by atoms with van der Waals surface area (Å²) in [5.74, 6) is -0.880. The zero-order valence-corrected chi connectivity index (χ0v) is 19.2. The molecular weight excluding hydrogens is 468 g/mol. The van der Waals surface area contributed by atoms with E-state index in [1.54, 1.807) is 30.3 Å². The molecule has 1 saturated carbocycles. The highest BCUT2D eigenvalue weighted by Crippen LogP contribution is 2.39. The molecule has 0 atom stereocenters. The lowest BCUT2D eigenvalue weighted by molar-refractivity contribution is 0.0780. The van der Waals surface area contributed by atoms with Crippen LogP contribution in [0.4, 0.5) is 14.9 Å². The van der Waals surface area contributed by atoms with Crippen LogP contribution in [0.3, 0.4) is 0 Å². The zero-order valence-electron chi connectivity index (χ0n) is 17.7. The van der Waals surface area contributed by atoms with Gasteiger partial charge in [-0.05, 0) is 54.6 Å². The van der Waals surface area contributed by atoms with Crippen LogP contribution in [0.5, 0.6) is 0 Å². The molecule has 0 spiro atoms. The number of aromatic nitrogens is 1. The van der Waals surface area contributed by atoms with Crippen molar-refractivity contribution in [2.24, 2.45) is 5.92 Å². The highest BCUT2D eigenvalue weighted by Gasteiger charge is 2.30. The predicted molar refractivity (Wildman–Crippen MR) is 125 cm³/mol. The average molecular weight is 490 g/mol. The van der Waals surface area contributed by atoms with Crippen molar-refractivity contribution in [3.05, 3.63) is 70.2 Å². The summed E-state index contributed by atoms with van der Waals surface area (Å²) in [5.41, 5.74) is 0.222. The number of nitrogens with one attached hydrogen (secondary N) is 1. The van der Waals surface area contributed by atoms with Crippen LogP contribution < -0.4 is 5.32 Å². The monoisotopic (exact) mass is 489 g/mol. The van der Waals surface area contributed by atoms with Crippen molar-refractivity contribution in [1.29, 1.82) is 0 Å². The molecule has 3 aromatic rings. The Morgan fingerprint density at radius 3 is 2.48 bits per heavy atom.